The van der Waals surface area contributed by atoms with Crippen LogP contribution in [0.2, 0.25) is 0 Å². The van der Waals surface area contributed by atoms with E-state index in [1.165, 1.54) is 59.6 Å². The summed E-state index contributed by atoms with van der Waals surface area (Å²) < 4.78 is 2.14. The van der Waals surface area contributed by atoms with Crippen LogP contribution >= 0.6 is 0 Å². The lowest BCUT2D eigenvalue weighted by Gasteiger charge is -2.09. The Morgan fingerprint density at radius 3 is 2.71 bits per heavy atom. The van der Waals surface area contributed by atoms with Crippen LogP contribution in [0.5, 0.6) is 0 Å². The summed E-state index contributed by atoms with van der Waals surface area (Å²) >= 11 is 0. The molecular weight excluding hydrogens is 258 g/mol. The van der Waals surface area contributed by atoms with E-state index < -0.39 is 0 Å². The van der Waals surface area contributed by atoms with Gasteiger partial charge in [0.2, 0.25) is 0 Å². The predicted molar refractivity (Wildman–Crippen MR) is 86.4 cm³/mol. The first-order valence-corrected chi connectivity index (χ1v) is 8.17. The third kappa shape index (κ3) is 2.06. The third-order valence-electron chi connectivity index (χ3n) is 5.16. The normalized spacial score (nSPS) is 18.0. The Morgan fingerprint density at radius 1 is 1.14 bits per heavy atom. The van der Waals surface area contributed by atoms with E-state index in [0.29, 0.717) is 5.92 Å². The predicted octanol–water partition coefficient (Wildman–Crippen LogP) is 4.11. The van der Waals surface area contributed by atoms with Crippen molar-refractivity contribution in [3.63, 3.8) is 0 Å². The zero-order valence-corrected chi connectivity index (χ0v) is 12.9. The minimum Gasteiger partial charge on any atom is -0.369 e. The van der Waals surface area contributed by atoms with Crippen molar-refractivity contribution < 1.29 is 0 Å². The van der Waals surface area contributed by atoms with Gasteiger partial charge in [-0.3, -0.25) is 0 Å². The number of nitrogens with one attached hydrogen (secondary N) is 1. The van der Waals surface area contributed by atoms with Gasteiger partial charge in [-0.05, 0) is 56.4 Å². The standard InChI is InChI=1S/C18H23N3/c1-12-7-8-15(11-13(12)2)21-18-16(9-10-19-18)17(20-21)14-5-3-4-6-14/h7-8,11,14,19H,3-6,9-10H2,1-2H3. The zero-order valence-electron chi connectivity index (χ0n) is 12.9. The van der Waals surface area contributed by atoms with E-state index in [9.17, 15) is 0 Å². The molecule has 0 unspecified atom stereocenters. The Kier molecular flexibility index (Phi) is 3.02. The van der Waals surface area contributed by atoms with Gasteiger partial charge >= 0.3 is 0 Å². The molecule has 0 spiro atoms. The molecule has 110 valence electrons. The van der Waals surface area contributed by atoms with Crippen LogP contribution < -0.4 is 5.32 Å². The van der Waals surface area contributed by atoms with E-state index in [1.807, 2.05) is 0 Å². The highest BCUT2D eigenvalue weighted by molar-refractivity contribution is 5.58. The molecule has 0 radical (unpaired) electrons. The van der Waals surface area contributed by atoms with Gasteiger partial charge in [0, 0.05) is 18.0 Å². The molecule has 4 rings (SSSR count). The van der Waals surface area contributed by atoms with Crippen molar-refractivity contribution in [2.24, 2.45) is 0 Å². The summed E-state index contributed by atoms with van der Waals surface area (Å²) in [6.07, 6.45) is 6.49. The molecule has 2 heterocycles. The fraction of sp³-hybridized carbons (Fsp3) is 0.500. The van der Waals surface area contributed by atoms with Gasteiger partial charge in [-0.15, -0.1) is 0 Å². The van der Waals surface area contributed by atoms with E-state index in [0.717, 1.165) is 13.0 Å². The van der Waals surface area contributed by atoms with Crippen LogP contribution in [-0.4, -0.2) is 16.3 Å². The van der Waals surface area contributed by atoms with Crippen molar-refractivity contribution in [1.82, 2.24) is 9.78 Å². The van der Waals surface area contributed by atoms with Gasteiger partial charge in [0.15, 0.2) is 0 Å². The summed E-state index contributed by atoms with van der Waals surface area (Å²) in [5, 5.41) is 8.55. The second-order valence-electron chi connectivity index (χ2n) is 6.55. The summed E-state index contributed by atoms with van der Waals surface area (Å²) in [5.74, 6) is 1.92. The molecule has 0 saturated heterocycles. The molecule has 3 nitrogen and oxygen atoms in total. The highest BCUT2D eigenvalue weighted by Crippen LogP contribution is 2.40. The smallest absolute Gasteiger partial charge is 0.133 e. The fourth-order valence-corrected chi connectivity index (χ4v) is 3.77. The number of hydrogen-bond donors (Lipinski definition) is 1. The summed E-state index contributed by atoms with van der Waals surface area (Å²) in [6, 6.07) is 6.64. The molecule has 0 amide bonds. The number of hydrogen-bond acceptors (Lipinski definition) is 2. The molecule has 0 bridgehead atoms. The maximum atomic E-state index is 5.01. The number of rotatable bonds is 2. The number of benzene rings is 1. The Bertz CT molecular complexity index is 678. The second-order valence-corrected chi connectivity index (χ2v) is 6.55. The topological polar surface area (TPSA) is 29.9 Å². The van der Waals surface area contributed by atoms with Crippen LogP contribution in [0.3, 0.4) is 0 Å². The monoisotopic (exact) mass is 281 g/mol. The average Bonchev–Trinajstić information content (AvgIpc) is 3.17. The Labute approximate surface area is 126 Å². The molecular formula is C18H23N3. The lowest BCUT2D eigenvalue weighted by atomic mass is 9.99. The molecule has 2 aromatic rings. The molecule has 1 aromatic heterocycles. The van der Waals surface area contributed by atoms with E-state index in [4.69, 9.17) is 5.10 Å². The van der Waals surface area contributed by atoms with Gasteiger partial charge in [0.05, 0.1) is 11.4 Å². The lowest BCUT2D eigenvalue weighted by molar-refractivity contribution is 0.670. The lowest BCUT2D eigenvalue weighted by Crippen LogP contribution is -2.06. The number of anilines is 1. The Morgan fingerprint density at radius 2 is 1.95 bits per heavy atom. The van der Waals surface area contributed by atoms with Crippen LogP contribution in [0, 0.1) is 13.8 Å². The minimum absolute atomic E-state index is 0.687. The summed E-state index contributed by atoms with van der Waals surface area (Å²) in [5.41, 5.74) is 6.70. The van der Waals surface area contributed by atoms with Gasteiger partial charge in [0.1, 0.15) is 5.82 Å². The quantitative estimate of drug-likeness (QED) is 0.897. The van der Waals surface area contributed by atoms with Gasteiger partial charge in [-0.2, -0.15) is 5.10 Å². The average molecular weight is 281 g/mol. The van der Waals surface area contributed by atoms with Gasteiger partial charge in [-0.25, -0.2) is 4.68 Å². The van der Waals surface area contributed by atoms with Gasteiger partial charge in [0.25, 0.3) is 0 Å². The van der Waals surface area contributed by atoms with E-state index in [1.54, 1.807) is 0 Å². The van der Waals surface area contributed by atoms with E-state index in [2.05, 4.69) is 42.0 Å². The molecule has 1 aliphatic carbocycles. The molecule has 1 fully saturated rings. The summed E-state index contributed by atoms with van der Waals surface area (Å²) in [4.78, 5) is 0. The number of fused-ring (bicyclic) bond motifs is 1. The van der Waals surface area contributed by atoms with Gasteiger partial charge < -0.3 is 5.32 Å². The second kappa shape index (κ2) is 4.90. The molecule has 1 aliphatic heterocycles. The first kappa shape index (κ1) is 12.9. The SMILES string of the molecule is Cc1ccc(-n2nc(C3CCCC3)c3c2NCC3)cc1C. The molecule has 1 aromatic carbocycles. The first-order chi connectivity index (χ1) is 10.2. The molecule has 0 atom stereocenters. The molecule has 3 heteroatoms. The summed E-state index contributed by atoms with van der Waals surface area (Å²) in [6.45, 7) is 5.39. The largest absolute Gasteiger partial charge is 0.369 e. The van der Waals surface area contributed by atoms with Crippen molar-refractivity contribution in [2.45, 2.75) is 51.9 Å². The minimum atomic E-state index is 0.687. The molecule has 2 aliphatic rings. The van der Waals surface area contributed by atoms with Crippen molar-refractivity contribution in [3.05, 3.63) is 40.6 Å². The highest BCUT2D eigenvalue weighted by Gasteiger charge is 2.29. The van der Waals surface area contributed by atoms with Crippen molar-refractivity contribution in [1.29, 1.82) is 0 Å². The molecule has 1 saturated carbocycles. The van der Waals surface area contributed by atoms with Crippen molar-refractivity contribution in [3.8, 4) is 5.69 Å². The van der Waals surface area contributed by atoms with Crippen LogP contribution in [0.4, 0.5) is 5.82 Å². The third-order valence-corrected chi connectivity index (χ3v) is 5.16. The molecule has 1 N–H and O–H groups in total. The first-order valence-electron chi connectivity index (χ1n) is 8.17. The zero-order chi connectivity index (χ0) is 14.4. The van der Waals surface area contributed by atoms with E-state index in [-0.39, 0.29) is 0 Å². The maximum absolute atomic E-state index is 5.01. The van der Waals surface area contributed by atoms with Crippen LogP contribution in [0.15, 0.2) is 18.2 Å². The maximum Gasteiger partial charge on any atom is 0.133 e. The number of nitrogens with zero attached hydrogens (tertiary/aromatic N) is 2. The molecule has 21 heavy (non-hydrogen) atoms. The summed E-state index contributed by atoms with van der Waals surface area (Å²) in [7, 11) is 0. The number of aryl methyl sites for hydroxylation is 2. The Balaban J connectivity index is 1.81. The van der Waals surface area contributed by atoms with Crippen molar-refractivity contribution >= 4 is 5.82 Å². The van der Waals surface area contributed by atoms with Crippen molar-refractivity contribution in [2.75, 3.05) is 11.9 Å². The van der Waals surface area contributed by atoms with E-state index >= 15 is 0 Å². The fourth-order valence-electron chi connectivity index (χ4n) is 3.77. The highest BCUT2D eigenvalue weighted by atomic mass is 15.3. The van der Waals surface area contributed by atoms with Gasteiger partial charge in [-0.1, -0.05) is 18.9 Å². The Hall–Kier alpha value is -1.77. The van der Waals surface area contributed by atoms with Crippen LogP contribution in [0.1, 0.15) is 54.0 Å². The number of aromatic nitrogens is 2. The van der Waals surface area contributed by atoms with Crippen LogP contribution in [0.25, 0.3) is 5.69 Å². The van der Waals surface area contributed by atoms with Crippen LogP contribution in [-0.2, 0) is 6.42 Å².